The minimum atomic E-state index is -0.361. The van der Waals surface area contributed by atoms with Gasteiger partial charge in [-0.25, -0.2) is 0 Å². The fourth-order valence-electron chi connectivity index (χ4n) is 1.37. The largest absolute Gasteiger partial charge is 0.469 e. The van der Waals surface area contributed by atoms with Gasteiger partial charge in [0.05, 0.1) is 13.2 Å². The third-order valence-electron chi connectivity index (χ3n) is 2.38. The van der Waals surface area contributed by atoms with Gasteiger partial charge in [0.2, 0.25) is 0 Å². The van der Waals surface area contributed by atoms with Crippen LogP contribution in [0, 0.1) is 0 Å². The van der Waals surface area contributed by atoms with Gasteiger partial charge in [-0.3, -0.25) is 4.79 Å². The first-order valence-corrected chi connectivity index (χ1v) is 5.58. The lowest BCUT2D eigenvalue weighted by Gasteiger charge is -2.04. The number of carbonyl (C=O) groups is 1. The smallest absolute Gasteiger partial charge is 0.305 e. The predicted octanol–water partition coefficient (Wildman–Crippen LogP) is 2.44. The van der Waals surface area contributed by atoms with Gasteiger partial charge in [0.25, 0.3) is 0 Å². The van der Waals surface area contributed by atoms with Crippen LogP contribution in [0.4, 0.5) is 0 Å². The number of esters is 1. The van der Waals surface area contributed by atoms with Crippen LogP contribution in [-0.4, -0.2) is 24.3 Å². The molecule has 1 atom stereocenters. The summed E-state index contributed by atoms with van der Waals surface area (Å²) in [5.74, 6) is -0.128. The van der Waals surface area contributed by atoms with Crippen molar-refractivity contribution < 1.29 is 14.6 Å². The molecule has 0 aromatic heterocycles. The summed E-state index contributed by atoms with van der Waals surface area (Å²) in [4.78, 5) is 10.8. The highest BCUT2D eigenvalue weighted by atomic mass is 16.5. The van der Waals surface area contributed by atoms with Crippen LogP contribution in [0.5, 0.6) is 0 Å². The zero-order chi connectivity index (χ0) is 11.5. The van der Waals surface area contributed by atoms with Crippen LogP contribution < -0.4 is 0 Å². The molecule has 0 fully saturated rings. The van der Waals surface area contributed by atoms with Crippen molar-refractivity contribution in [1.29, 1.82) is 0 Å². The molecule has 0 aromatic carbocycles. The van der Waals surface area contributed by atoms with Gasteiger partial charge < -0.3 is 9.84 Å². The number of hydrogen-bond acceptors (Lipinski definition) is 3. The highest BCUT2D eigenvalue weighted by Gasteiger charge is 2.00. The van der Waals surface area contributed by atoms with Crippen LogP contribution in [0.1, 0.15) is 44.9 Å². The summed E-state index contributed by atoms with van der Waals surface area (Å²) in [6.07, 6.45) is 7.71. The molecule has 0 aromatic rings. The summed E-state index contributed by atoms with van der Waals surface area (Å²) in [5.41, 5.74) is 0. The average Bonchev–Trinajstić information content (AvgIpc) is 2.26. The number of aliphatic hydroxyl groups is 1. The summed E-state index contributed by atoms with van der Waals surface area (Å²) in [6.45, 7) is 3.52. The highest BCUT2D eigenvalue weighted by Crippen LogP contribution is 2.09. The first kappa shape index (κ1) is 14.2. The van der Waals surface area contributed by atoms with Gasteiger partial charge in [-0.2, -0.15) is 0 Å². The molecule has 0 amide bonds. The Labute approximate surface area is 92.1 Å². The van der Waals surface area contributed by atoms with Crippen LogP contribution in [0.2, 0.25) is 0 Å². The van der Waals surface area contributed by atoms with Gasteiger partial charge in [-0.15, -0.1) is 6.58 Å². The molecule has 0 spiro atoms. The van der Waals surface area contributed by atoms with Gasteiger partial charge >= 0.3 is 5.97 Å². The first-order valence-electron chi connectivity index (χ1n) is 5.58. The number of aliphatic hydroxyl groups excluding tert-OH is 1. The molecule has 0 aliphatic rings. The van der Waals surface area contributed by atoms with Crippen molar-refractivity contribution in [2.75, 3.05) is 7.11 Å². The van der Waals surface area contributed by atoms with Crippen LogP contribution in [-0.2, 0) is 9.53 Å². The normalized spacial score (nSPS) is 12.1. The molecule has 0 saturated heterocycles. The molecule has 0 rings (SSSR count). The molecule has 1 unspecified atom stereocenters. The van der Waals surface area contributed by atoms with Crippen molar-refractivity contribution in [2.24, 2.45) is 0 Å². The standard InChI is InChI=1S/C12H22O3/c1-3-11(13)9-7-5-4-6-8-10-12(14)15-2/h3,11,13H,1,4-10H2,2H3. The van der Waals surface area contributed by atoms with E-state index in [-0.39, 0.29) is 12.1 Å². The maximum absolute atomic E-state index is 10.8. The van der Waals surface area contributed by atoms with Gasteiger partial charge in [0, 0.05) is 6.42 Å². The summed E-state index contributed by atoms with van der Waals surface area (Å²) in [7, 11) is 1.42. The maximum Gasteiger partial charge on any atom is 0.305 e. The number of carbonyl (C=O) groups excluding carboxylic acids is 1. The number of ether oxygens (including phenoxy) is 1. The Balaban J connectivity index is 3.11. The van der Waals surface area contributed by atoms with Gasteiger partial charge in [-0.1, -0.05) is 31.8 Å². The van der Waals surface area contributed by atoms with Crippen molar-refractivity contribution in [3.63, 3.8) is 0 Å². The van der Waals surface area contributed by atoms with E-state index in [1.807, 2.05) is 0 Å². The molecule has 0 radical (unpaired) electrons. The van der Waals surface area contributed by atoms with Crippen LogP contribution >= 0.6 is 0 Å². The molecule has 0 bridgehead atoms. The van der Waals surface area contributed by atoms with Gasteiger partial charge in [0.15, 0.2) is 0 Å². The fourth-order valence-corrected chi connectivity index (χ4v) is 1.37. The molecular weight excluding hydrogens is 192 g/mol. The molecular formula is C12H22O3. The Morgan fingerprint density at radius 3 is 2.53 bits per heavy atom. The molecule has 0 heterocycles. The number of rotatable bonds is 9. The fraction of sp³-hybridized carbons (Fsp3) is 0.750. The van der Waals surface area contributed by atoms with E-state index < -0.39 is 0 Å². The zero-order valence-electron chi connectivity index (χ0n) is 9.58. The molecule has 0 aliphatic heterocycles. The van der Waals surface area contributed by atoms with Crippen molar-refractivity contribution in [3.05, 3.63) is 12.7 Å². The molecule has 15 heavy (non-hydrogen) atoms. The summed E-state index contributed by atoms with van der Waals surface area (Å²) in [6, 6.07) is 0. The van der Waals surface area contributed by atoms with Crippen molar-refractivity contribution in [2.45, 2.75) is 51.0 Å². The third-order valence-corrected chi connectivity index (χ3v) is 2.38. The van der Waals surface area contributed by atoms with E-state index in [4.69, 9.17) is 0 Å². The third kappa shape index (κ3) is 9.47. The summed E-state index contributed by atoms with van der Waals surface area (Å²) < 4.78 is 4.54. The minimum absolute atomic E-state index is 0.128. The molecule has 0 saturated carbocycles. The quantitative estimate of drug-likeness (QED) is 0.364. The second-order valence-corrected chi connectivity index (χ2v) is 3.69. The topological polar surface area (TPSA) is 46.5 Å². The van der Waals surface area contributed by atoms with Gasteiger partial charge in [0.1, 0.15) is 0 Å². The number of hydrogen-bond donors (Lipinski definition) is 1. The Bertz CT molecular complexity index is 178. The Morgan fingerprint density at radius 1 is 1.33 bits per heavy atom. The zero-order valence-corrected chi connectivity index (χ0v) is 9.58. The Hall–Kier alpha value is -0.830. The van der Waals surface area contributed by atoms with Crippen molar-refractivity contribution in [3.8, 4) is 0 Å². The van der Waals surface area contributed by atoms with E-state index in [2.05, 4.69) is 11.3 Å². The number of methoxy groups -OCH3 is 1. The first-order chi connectivity index (χ1) is 7.20. The lowest BCUT2D eigenvalue weighted by atomic mass is 10.1. The van der Waals surface area contributed by atoms with Crippen molar-refractivity contribution in [1.82, 2.24) is 0 Å². The molecule has 0 aliphatic carbocycles. The Kier molecular flexibility index (Phi) is 9.18. The van der Waals surface area contributed by atoms with Crippen molar-refractivity contribution >= 4 is 5.97 Å². The Morgan fingerprint density at radius 2 is 1.93 bits per heavy atom. The van der Waals surface area contributed by atoms with Crippen LogP contribution in [0.15, 0.2) is 12.7 Å². The second-order valence-electron chi connectivity index (χ2n) is 3.69. The summed E-state index contributed by atoms with van der Waals surface area (Å²) >= 11 is 0. The van der Waals surface area contributed by atoms with Gasteiger partial charge in [-0.05, 0) is 12.8 Å². The molecule has 1 N–H and O–H groups in total. The molecule has 88 valence electrons. The average molecular weight is 214 g/mol. The van der Waals surface area contributed by atoms with E-state index >= 15 is 0 Å². The van der Waals surface area contributed by atoms with E-state index in [0.29, 0.717) is 6.42 Å². The van der Waals surface area contributed by atoms with Crippen LogP contribution in [0.3, 0.4) is 0 Å². The maximum atomic E-state index is 10.8. The lowest BCUT2D eigenvalue weighted by molar-refractivity contribution is -0.140. The number of unbranched alkanes of at least 4 members (excludes halogenated alkanes) is 4. The van der Waals surface area contributed by atoms with E-state index in [0.717, 1.165) is 38.5 Å². The predicted molar refractivity (Wildman–Crippen MR) is 60.5 cm³/mol. The summed E-state index contributed by atoms with van der Waals surface area (Å²) in [5, 5.41) is 9.19. The monoisotopic (exact) mass is 214 g/mol. The lowest BCUT2D eigenvalue weighted by Crippen LogP contribution is -2.01. The van der Waals surface area contributed by atoms with E-state index in [1.54, 1.807) is 6.08 Å². The van der Waals surface area contributed by atoms with Crippen LogP contribution in [0.25, 0.3) is 0 Å². The minimum Gasteiger partial charge on any atom is -0.469 e. The second kappa shape index (κ2) is 9.71. The van der Waals surface area contributed by atoms with E-state index in [1.165, 1.54) is 7.11 Å². The molecule has 3 heteroatoms. The highest BCUT2D eigenvalue weighted by molar-refractivity contribution is 5.68. The SMILES string of the molecule is C=CC(O)CCCCCCCC(=O)OC. The van der Waals surface area contributed by atoms with E-state index in [9.17, 15) is 9.90 Å². The molecule has 3 nitrogen and oxygen atoms in total.